The highest BCUT2D eigenvalue weighted by molar-refractivity contribution is 6.20. The minimum atomic E-state index is -0.419. The molecule has 1 N–H and O–H groups in total. The first-order valence-electron chi connectivity index (χ1n) is 6.97. The molecule has 104 valence electrons. The summed E-state index contributed by atoms with van der Waals surface area (Å²) >= 11 is 6.40. The average Bonchev–Trinajstić information content (AvgIpc) is 2.77. The first kappa shape index (κ1) is 14.2. The molecule has 0 amide bonds. The third kappa shape index (κ3) is 3.87. The highest BCUT2D eigenvalue weighted by atomic mass is 35.5. The molecule has 1 unspecified atom stereocenters. The summed E-state index contributed by atoms with van der Waals surface area (Å²) in [6.07, 6.45) is 7.18. The maximum absolute atomic E-state index is 11.1. The normalized spacial score (nSPS) is 12.9. The Kier molecular flexibility index (Phi) is 5.08. The minimum absolute atomic E-state index is 0.00812. The summed E-state index contributed by atoms with van der Waals surface area (Å²) in [5.41, 5.74) is 2.33. The van der Waals surface area contributed by atoms with Crippen LogP contribution >= 0.6 is 11.6 Å². The lowest BCUT2D eigenvalue weighted by Crippen LogP contribution is -1.92. The summed E-state index contributed by atoms with van der Waals surface area (Å²) in [6, 6.07) is 5.66. The number of hydrogen-bond donors (Lipinski definition) is 1. The van der Waals surface area contributed by atoms with Crippen LogP contribution in [-0.4, -0.2) is 4.98 Å². The third-order valence-corrected chi connectivity index (χ3v) is 3.84. The van der Waals surface area contributed by atoms with Gasteiger partial charge >= 0.3 is 5.76 Å². The molecule has 0 fully saturated rings. The number of rotatable bonds is 7. The lowest BCUT2D eigenvalue weighted by atomic mass is 10.0. The van der Waals surface area contributed by atoms with Crippen LogP contribution in [-0.2, 0) is 0 Å². The van der Waals surface area contributed by atoms with Crippen LogP contribution in [0.25, 0.3) is 11.1 Å². The SMILES string of the molecule is CCCCCCCC(Cl)c1ccc2[nH]c(=O)oc2c1. The molecule has 4 heteroatoms. The topological polar surface area (TPSA) is 46.0 Å². The van der Waals surface area contributed by atoms with Crippen LogP contribution in [0.2, 0.25) is 0 Å². The monoisotopic (exact) mass is 281 g/mol. The number of aromatic nitrogens is 1. The number of hydrogen-bond acceptors (Lipinski definition) is 2. The average molecular weight is 282 g/mol. The Morgan fingerprint density at radius 1 is 1.26 bits per heavy atom. The smallest absolute Gasteiger partial charge is 0.408 e. The van der Waals surface area contributed by atoms with Gasteiger partial charge in [0, 0.05) is 0 Å². The number of H-pyrrole nitrogens is 1. The molecule has 0 saturated heterocycles. The molecule has 0 aliphatic carbocycles. The number of oxazole rings is 1. The van der Waals surface area contributed by atoms with Crippen molar-refractivity contribution >= 4 is 22.7 Å². The van der Waals surface area contributed by atoms with E-state index in [9.17, 15) is 4.79 Å². The van der Waals surface area contributed by atoms with E-state index in [0.29, 0.717) is 5.58 Å². The van der Waals surface area contributed by atoms with Crippen molar-refractivity contribution in [2.24, 2.45) is 0 Å². The lowest BCUT2D eigenvalue weighted by Gasteiger charge is -2.09. The fourth-order valence-electron chi connectivity index (χ4n) is 2.25. The highest BCUT2D eigenvalue weighted by Gasteiger charge is 2.10. The van der Waals surface area contributed by atoms with Crippen molar-refractivity contribution in [2.45, 2.75) is 50.8 Å². The molecular formula is C15H20ClNO2. The molecule has 1 heterocycles. The fourth-order valence-corrected chi connectivity index (χ4v) is 2.54. The fraction of sp³-hybridized carbons (Fsp3) is 0.533. The molecule has 0 aliphatic rings. The molecule has 0 saturated carbocycles. The van der Waals surface area contributed by atoms with Crippen LogP contribution in [0.15, 0.2) is 27.4 Å². The van der Waals surface area contributed by atoms with Gasteiger partial charge in [0.15, 0.2) is 5.58 Å². The Labute approximate surface area is 118 Å². The van der Waals surface area contributed by atoms with Crippen LogP contribution in [0.3, 0.4) is 0 Å². The molecule has 1 atom stereocenters. The summed E-state index contributed by atoms with van der Waals surface area (Å²) in [6.45, 7) is 2.21. The first-order chi connectivity index (χ1) is 9.20. The Hall–Kier alpha value is -1.22. The number of nitrogens with one attached hydrogen (secondary N) is 1. The molecule has 0 spiro atoms. The van der Waals surface area contributed by atoms with Crippen LogP contribution in [0.5, 0.6) is 0 Å². The van der Waals surface area contributed by atoms with Gasteiger partial charge in [-0.1, -0.05) is 45.1 Å². The summed E-state index contributed by atoms with van der Waals surface area (Å²) in [5.74, 6) is -0.419. The van der Waals surface area contributed by atoms with Crippen LogP contribution in [0, 0.1) is 0 Å². The van der Waals surface area contributed by atoms with Gasteiger partial charge in [-0.3, -0.25) is 4.98 Å². The van der Waals surface area contributed by atoms with Crippen LogP contribution < -0.4 is 5.76 Å². The van der Waals surface area contributed by atoms with Crippen molar-refractivity contribution in [1.29, 1.82) is 0 Å². The molecule has 0 aliphatic heterocycles. The highest BCUT2D eigenvalue weighted by Crippen LogP contribution is 2.28. The molecule has 1 aromatic heterocycles. The maximum atomic E-state index is 11.1. The number of unbranched alkanes of at least 4 members (excludes halogenated alkanes) is 4. The van der Waals surface area contributed by atoms with Gasteiger partial charge in [0.05, 0.1) is 10.9 Å². The van der Waals surface area contributed by atoms with E-state index in [1.54, 1.807) is 0 Å². The Balaban J connectivity index is 1.93. The zero-order valence-corrected chi connectivity index (χ0v) is 12.0. The Bertz CT molecular complexity index is 573. The van der Waals surface area contributed by atoms with Crippen molar-refractivity contribution < 1.29 is 4.42 Å². The largest absolute Gasteiger partial charge is 0.417 e. The number of alkyl halides is 1. The van der Waals surface area contributed by atoms with E-state index in [2.05, 4.69) is 11.9 Å². The van der Waals surface area contributed by atoms with Gasteiger partial charge < -0.3 is 4.42 Å². The molecule has 3 nitrogen and oxygen atoms in total. The zero-order valence-electron chi connectivity index (χ0n) is 11.2. The van der Waals surface area contributed by atoms with Gasteiger partial charge in [-0.15, -0.1) is 11.6 Å². The van der Waals surface area contributed by atoms with Crippen molar-refractivity contribution in [2.75, 3.05) is 0 Å². The van der Waals surface area contributed by atoms with Crippen molar-refractivity contribution in [3.8, 4) is 0 Å². The van der Waals surface area contributed by atoms with Crippen LogP contribution in [0.1, 0.15) is 56.4 Å². The molecule has 2 rings (SSSR count). The second-order valence-electron chi connectivity index (χ2n) is 4.94. The summed E-state index contributed by atoms with van der Waals surface area (Å²) in [4.78, 5) is 13.7. The van der Waals surface area contributed by atoms with E-state index in [-0.39, 0.29) is 5.38 Å². The van der Waals surface area contributed by atoms with Gasteiger partial charge in [-0.05, 0) is 24.1 Å². The maximum Gasteiger partial charge on any atom is 0.417 e. The minimum Gasteiger partial charge on any atom is -0.408 e. The summed E-state index contributed by atoms with van der Waals surface area (Å²) in [5, 5.41) is -0.00812. The van der Waals surface area contributed by atoms with Gasteiger partial charge in [0.1, 0.15) is 0 Å². The molecule has 0 bridgehead atoms. The lowest BCUT2D eigenvalue weighted by molar-refractivity contribution is 0.554. The Morgan fingerprint density at radius 3 is 2.84 bits per heavy atom. The standard InChI is InChI=1S/C15H20ClNO2/c1-2-3-4-5-6-7-12(16)11-8-9-13-14(10-11)19-15(18)17-13/h8-10,12H,2-7H2,1H3,(H,17,18). The Morgan fingerprint density at radius 2 is 2.05 bits per heavy atom. The van der Waals surface area contributed by atoms with E-state index in [1.807, 2.05) is 18.2 Å². The van der Waals surface area contributed by atoms with Gasteiger partial charge in [0.25, 0.3) is 0 Å². The van der Waals surface area contributed by atoms with E-state index in [4.69, 9.17) is 16.0 Å². The molecule has 19 heavy (non-hydrogen) atoms. The van der Waals surface area contributed by atoms with Gasteiger partial charge in [-0.2, -0.15) is 0 Å². The van der Waals surface area contributed by atoms with E-state index in [1.165, 1.54) is 25.7 Å². The summed E-state index contributed by atoms with van der Waals surface area (Å²) in [7, 11) is 0. The predicted molar refractivity (Wildman–Crippen MR) is 78.8 cm³/mol. The van der Waals surface area contributed by atoms with E-state index in [0.717, 1.165) is 23.9 Å². The van der Waals surface area contributed by atoms with Crippen LogP contribution in [0.4, 0.5) is 0 Å². The van der Waals surface area contributed by atoms with Crippen molar-refractivity contribution in [3.63, 3.8) is 0 Å². The summed E-state index contributed by atoms with van der Waals surface area (Å²) < 4.78 is 5.05. The van der Waals surface area contributed by atoms with Gasteiger partial charge in [-0.25, -0.2) is 4.79 Å². The van der Waals surface area contributed by atoms with Crippen molar-refractivity contribution in [3.05, 3.63) is 34.3 Å². The van der Waals surface area contributed by atoms with Crippen molar-refractivity contribution in [1.82, 2.24) is 4.98 Å². The number of halogens is 1. The molecule has 0 radical (unpaired) electrons. The number of aromatic amines is 1. The zero-order chi connectivity index (χ0) is 13.7. The molecular weight excluding hydrogens is 262 g/mol. The third-order valence-electron chi connectivity index (χ3n) is 3.37. The quantitative estimate of drug-likeness (QED) is 0.587. The van der Waals surface area contributed by atoms with E-state index < -0.39 is 5.76 Å². The predicted octanol–water partition coefficient (Wildman–Crippen LogP) is 4.76. The second-order valence-corrected chi connectivity index (χ2v) is 5.47. The van der Waals surface area contributed by atoms with Gasteiger partial charge in [0.2, 0.25) is 0 Å². The number of benzene rings is 1. The first-order valence-corrected chi connectivity index (χ1v) is 7.41. The second kappa shape index (κ2) is 6.80. The molecule has 1 aromatic carbocycles. The number of fused-ring (bicyclic) bond motifs is 1. The van der Waals surface area contributed by atoms with E-state index >= 15 is 0 Å². The molecule has 2 aromatic rings.